The lowest BCUT2D eigenvalue weighted by atomic mass is 10.1. The third-order valence-electron chi connectivity index (χ3n) is 3.48. The first-order valence-corrected chi connectivity index (χ1v) is 7.67. The van der Waals surface area contributed by atoms with Crippen molar-refractivity contribution in [1.82, 2.24) is 9.97 Å². The van der Waals surface area contributed by atoms with E-state index >= 15 is 0 Å². The average molecular weight is 360 g/mol. The van der Waals surface area contributed by atoms with Gasteiger partial charge in [-0.25, -0.2) is 13.8 Å². The van der Waals surface area contributed by atoms with Crippen LogP contribution in [0.15, 0.2) is 48.8 Å². The summed E-state index contributed by atoms with van der Waals surface area (Å²) in [4.78, 5) is 20.2. The van der Waals surface area contributed by atoms with Crippen molar-refractivity contribution < 1.29 is 13.6 Å². The third kappa shape index (κ3) is 3.64. The summed E-state index contributed by atoms with van der Waals surface area (Å²) in [6.07, 6.45) is 2.71. The Hall–Kier alpha value is -2.86. The van der Waals surface area contributed by atoms with Crippen LogP contribution in [0.4, 0.5) is 14.6 Å². The molecule has 126 valence electrons. The van der Waals surface area contributed by atoms with Crippen molar-refractivity contribution in [2.75, 3.05) is 5.32 Å². The number of hydrogen-bond donors (Lipinski definition) is 1. The number of hydrogen-bond acceptors (Lipinski definition) is 3. The van der Waals surface area contributed by atoms with E-state index < -0.39 is 23.1 Å². The topological polar surface area (TPSA) is 54.9 Å². The molecule has 2 aromatic carbocycles. The van der Waals surface area contributed by atoms with E-state index in [2.05, 4.69) is 15.3 Å². The van der Waals surface area contributed by atoms with Crippen LogP contribution in [-0.2, 0) is 0 Å². The number of nitrogens with zero attached hydrogens (tertiary/aromatic N) is 2. The van der Waals surface area contributed by atoms with Crippen LogP contribution < -0.4 is 5.32 Å². The van der Waals surface area contributed by atoms with Crippen molar-refractivity contribution in [1.29, 1.82) is 0 Å². The SMILES string of the molecule is Cc1ccc(-c2cnc(NC(=O)c3c(F)cccc3F)cn2)c(Cl)c1. The summed E-state index contributed by atoms with van der Waals surface area (Å²) in [7, 11) is 0. The highest BCUT2D eigenvalue weighted by Crippen LogP contribution is 2.27. The lowest BCUT2D eigenvalue weighted by Crippen LogP contribution is -2.16. The van der Waals surface area contributed by atoms with E-state index in [9.17, 15) is 13.6 Å². The molecule has 0 aliphatic carbocycles. The molecular weight excluding hydrogens is 348 g/mol. The van der Waals surface area contributed by atoms with Gasteiger partial charge in [-0.3, -0.25) is 9.78 Å². The highest BCUT2D eigenvalue weighted by Gasteiger charge is 2.17. The molecule has 1 amide bonds. The smallest absolute Gasteiger partial charge is 0.262 e. The Morgan fingerprint density at radius 3 is 2.40 bits per heavy atom. The number of carbonyl (C=O) groups excluding carboxylic acids is 1. The van der Waals surface area contributed by atoms with Crippen LogP contribution in [0.2, 0.25) is 5.02 Å². The summed E-state index contributed by atoms with van der Waals surface area (Å²) in [6.45, 7) is 1.92. The largest absolute Gasteiger partial charge is 0.305 e. The molecule has 0 unspecified atom stereocenters. The van der Waals surface area contributed by atoms with Gasteiger partial charge in [-0.05, 0) is 30.7 Å². The fourth-order valence-corrected chi connectivity index (χ4v) is 2.59. The van der Waals surface area contributed by atoms with Crippen LogP contribution >= 0.6 is 11.6 Å². The molecule has 0 bridgehead atoms. The quantitative estimate of drug-likeness (QED) is 0.741. The number of carbonyl (C=O) groups is 1. The van der Waals surface area contributed by atoms with Crippen molar-refractivity contribution in [3.63, 3.8) is 0 Å². The maximum Gasteiger partial charge on any atom is 0.262 e. The third-order valence-corrected chi connectivity index (χ3v) is 3.80. The summed E-state index contributed by atoms with van der Waals surface area (Å²) in [5.41, 5.74) is 1.55. The molecule has 0 atom stereocenters. The summed E-state index contributed by atoms with van der Waals surface area (Å²) in [6, 6.07) is 8.70. The van der Waals surface area contributed by atoms with Gasteiger partial charge in [0, 0.05) is 5.56 Å². The second kappa shape index (κ2) is 6.94. The minimum atomic E-state index is -0.950. The highest BCUT2D eigenvalue weighted by atomic mass is 35.5. The monoisotopic (exact) mass is 359 g/mol. The second-order valence-electron chi connectivity index (χ2n) is 5.32. The highest BCUT2D eigenvalue weighted by molar-refractivity contribution is 6.33. The van der Waals surface area contributed by atoms with E-state index in [0.717, 1.165) is 17.7 Å². The van der Waals surface area contributed by atoms with E-state index in [1.54, 1.807) is 6.07 Å². The maximum atomic E-state index is 13.6. The molecule has 0 radical (unpaired) electrons. The summed E-state index contributed by atoms with van der Waals surface area (Å²) < 4.78 is 27.2. The Morgan fingerprint density at radius 2 is 1.80 bits per heavy atom. The van der Waals surface area contributed by atoms with E-state index in [4.69, 9.17) is 11.6 Å². The van der Waals surface area contributed by atoms with Crippen molar-refractivity contribution in [3.05, 3.63) is 76.6 Å². The first-order chi connectivity index (χ1) is 12.0. The van der Waals surface area contributed by atoms with E-state index in [1.807, 2.05) is 19.1 Å². The standard InChI is InChI=1S/C18H12ClF2N3O/c1-10-5-6-11(12(19)7-10)15-8-23-16(9-22-15)24-18(25)17-13(20)3-2-4-14(17)21/h2-9H,1H3,(H,23,24,25). The van der Waals surface area contributed by atoms with Crippen molar-refractivity contribution in [2.24, 2.45) is 0 Å². The first kappa shape index (κ1) is 17.0. The number of halogens is 3. The van der Waals surface area contributed by atoms with Crippen molar-refractivity contribution in [2.45, 2.75) is 6.92 Å². The molecule has 0 fully saturated rings. The summed E-state index contributed by atoms with van der Waals surface area (Å²) in [5.74, 6) is -2.77. The number of nitrogens with one attached hydrogen (secondary N) is 1. The minimum Gasteiger partial charge on any atom is -0.305 e. The zero-order chi connectivity index (χ0) is 18.0. The van der Waals surface area contributed by atoms with Crippen LogP contribution in [0.1, 0.15) is 15.9 Å². The molecule has 0 aliphatic heterocycles. The second-order valence-corrected chi connectivity index (χ2v) is 5.73. The van der Waals surface area contributed by atoms with Gasteiger partial charge in [-0.1, -0.05) is 29.8 Å². The Bertz CT molecular complexity index is 925. The molecule has 25 heavy (non-hydrogen) atoms. The van der Waals surface area contributed by atoms with Crippen LogP contribution in [0.5, 0.6) is 0 Å². The van der Waals surface area contributed by atoms with Gasteiger partial charge < -0.3 is 5.32 Å². The number of aryl methyl sites for hydroxylation is 1. The molecule has 1 N–H and O–H groups in total. The van der Waals surface area contributed by atoms with Gasteiger partial charge in [0.2, 0.25) is 0 Å². The van der Waals surface area contributed by atoms with Gasteiger partial charge in [0.15, 0.2) is 5.82 Å². The fraction of sp³-hybridized carbons (Fsp3) is 0.0556. The molecule has 0 aliphatic rings. The number of rotatable bonds is 3. The summed E-state index contributed by atoms with van der Waals surface area (Å²) >= 11 is 6.18. The average Bonchev–Trinajstić information content (AvgIpc) is 2.56. The van der Waals surface area contributed by atoms with Gasteiger partial charge in [0.25, 0.3) is 5.91 Å². The molecule has 0 spiro atoms. The summed E-state index contributed by atoms with van der Waals surface area (Å²) in [5, 5.41) is 2.84. The first-order valence-electron chi connectivity index (χ1n) is 7.29. The molecule has 0 saturated carbocycles. The number of aromatic nitrogens is 2. The molecular formula is C18H12ClF2N3O. The Balaban J connectivity index is 1.82. The maximum absolute atomic E-state index is 13.6. The molecule has 1 aromatic heterocycles. The van der Waals surface area contributed by atoms with Gasteiger partial charge >= 0.3 is 0 Å². The number of anilines is 1. The molecule has 3 aromatic rings. The van der Waals surface area contributed by atoms with Crippen LogP contribution in [0.3, 0.4) is 0 Å². The fourth-order valence-electron chi connectivity index (χ4n) is 2.25. The van der Waals surface area contributed by atoms with Crippen molar-refractivity contribution >= 4 is 23.3 Å². The number of amides is 1. The minimum absolute atomic E-state index is 0.0691. The lowest BCUT2D eigenvalue weighted by molar-refractivity contribution is 0.101. The van der Waals surface area contributed by atoms with Gasteiger partial charge in [0.1, 0.15) is 17.2 Å². The van der Waals surface area contributed by atoms with E-state index in [1.165, 1.54) is 18.5 Å². The van der Waals surface area contributed by atoms with Gasteiger partial charge in [-0.2, -0.15) is 0 Å². The molecule has 0 saturated heterocycles. The van der Waals surface area contributed by atoms with Gasteiger partial charge in [-0.15, -0.1) is 0 Å². The zero-order valence-electron chi connectivity index (χ0n) is 13.1. The molecule has 4 nitrogen and oxygen atoms in total. The van der Waals surface area contributed by atoms with Crippen LogP contribution in [-0.4, -0.2) is 15.9 Å². The normalized spacial score (nSPS) is 10.6. The Morgan fingerprint density at radius 1 is 1.08 bits per heavy atom. The predicted molar refractivity (Wildman–Crippen MR) is 91.5 cm³/mol. The molecule has 3 rings (SSSR count). The van der Waals surface area contributed by atoms with E-state index in [-0.39, 0.29) is 5.82 Å². The van der Waals surface area contributed by atoms with Crippen LogP contribution in [0.25, 0.3) is 11.3 Å². The van der Waals surface area contributed by atoms with Gasteiger partial charge in [0.05, 0.1) is 23.1 Å². The Kier molecular flexibility index (Phi) is 4.72. The predicted octanol–water partition coefficient (Wildman–Crippen LogP) is 4.64. The van der Waals surface area contributed by atoms with Crippen LogP contribution in [0, 0.1) is 18.6 Å². The molecule has 1 heterocycles. The van der Waals surface area contributed by atoms with E-state index in [0.29, 0.717) is 16.3 Å². The lowest BCUT2D eigenvalue weighted by Gasteiger charge is -2.08. The Labute approximate surface area is 147 Å². The molecule has 7 heteroatoms. The van der Waals surface area contributed by atoms with Crippen molar-refractivity contribution in [3.8, 4) is 11.3 Å². The number of benzene rings is 2. The zero-order valence-corrected chi connectivity index (χ0v) is 13.8.